The van der Waals surface area contributed by atoms with E-state index in [0.717, 1.165) is 27.6 Å². The third kappa shape index (κ3) is 2.93. The SMILES string of the molecule is C/C=C(\C=C/CC)c1ccc2sc(C(=O)O)cc2c1. The number of thiophene rings is 1. The topological polar surface area (TPSA) is 37.3 Å². The summed E-state index contributed by atoms with van der Waals surface area (Å²) < 4.78 is 1.01. The predicted molar refractivity (Wildman–Crippen MR) is 81.9 cm³/mol. The molecule has 0 aliphatic heterocycles. The van der Waals surface area contributed by atoms with Crippen molar-refractivity contribution in [3.05, 3.63) is 52.9 Å². The molecule has 0 amide bonds. The molecule has 2 aromatic rings. The Morgan fingerprint density at radius 2 is 2.16 bits per heavy atom. The van der Waals surface area contributed by atoms with Crippen LogP contribution in [-0.2, 0) is 0 Å². The van der Waals surface area contributed by atoms with E-state index in [2.05, 4.69) is 25.2 Å². The number of allylic oxidation sites excluding steroid dienone is 4. The Kier molecular flexibility index (Phi) is 4.17. The van der Waals surface area contributed by atoms with Gasteiger partial charge in [0.15, 0.2) is 0 Å². The van der Waals surface area contributed by atoms with Gasteiger partial charge < -0.3 is 5.11 Å². The van der Waals surface area contributed by atoms with Crippen LogP contribution in [0.15, 0.2) is 42.5 Å². The van der Waals surface area contributed by atoms with Gasteiger partial charge in [0.2, 0.25) is 0 Å². The Labute approximate surface area is 116 Å². The van der Waals surface area contributed by atoms with E-state index < -0.39 is 5.97 Å². The molecule has 0 saturated carbocycles. The lowest BCUT2D eigenvalue weighted by atomic mass is 10.0. The average molecular weight is 272 g/mol. The Morgan fingerprint density at radius 3 is 2.79 bits per heavy atom. The lowest BCUT2D eigenvalue weighted by Crippen LogP contribution is -1.89. The Balaban J connectivity index is 2.46. The first kappa shape index (κ1) is 13.6. The first-order valence-electron chi connectivity index (χ1n) is 6.25. The maximum absolute atomic E-state index is 11.0. The highest BCUT2D eigenvalue weighted by molar-refractivity contribution is 7.20. The van der Waals surface area contributed by atoms with Crippen molar-refractivity contribution in [1.29, 1.82) is 0 Å². The maximum atomic E-state index is 11.0. The van der Waals surface area contributed by atoms with Gasteiger partial charge in [0, 0.05) is 4.70 Å². The highest BCUT2D eigenvalue weighted by atomic mass is 32.1. The molecule has 2 nitrogen and oxygen atoms in total. The number of hydrogen-bond donors (Lipinski definition) is 1. The van der Waals surface area contributed by atoms with E-state index in [9.17, 15) is 4.79 Å². The van der Waals surface area contributed by atoms with E-state index in [1.165, 1.54) is 11.3 Å². The predicted octanol–water partition coefficient (Wildman–Crippen LogP) is 4.97. The molecule has 0 unspecified atom stereocenters. The van der Waals surface area contributed by atoms with Crippen LogP contribution in [0.3, 0.4) is 0 Å². The summed E-state index contributed by atoms with van der Waals surface area (Å²) in [4.78, 5) is 11.4. The molecular weight excluding hydrogens is 256 g/mol. The van der Waals surface area contributed by atoms with Crippen molar-refractivity contribution in [2.24, 2.45) is 0 Å². The standard InChI is InChI=1S/C16H16O2S/c1-3-5-6-11(4-2)12-7-8-14-13(9-12)10-15(19-14)16(17)18/h4-10H,3H2,1-2H3,(H,17,18)/b6-5-,11-4+. The molecule has 0 radical (unpaired) electrons. The largest absolute Gasteiger partial charge is 0.477 e. The summed E-state index contributed by atoms with van der Waals surface area (Å²) in [6.45, 7) is 4.11. The zero-order valence-corrected chi connectivity index (χ0v) is 11.8. The van der Waals surface area contributed by atoms with E-state index in [1.807, 2.05) is 25.1 Å². The Morgan fingerprint density at radius 1 is 1.37 bits per heavy atom. The number of carboxylic acids is 1. The fraction of sp³-hybridized carbons (Fsp3) is 0.188. The van der Waals surface area contributed by atoms with Gasteiger partial charge in [-0.25, -0.2) is 4.79 Å². The smallest absolute Gasteiger partial charge is 0.345 e. The van der Waals surface area contributed by atoms with Crippen LogP contribution >= 0.6 is 11.3 Å². The van der Waals surface area contributed by atoms with Gasteiger partial charge in [0.1, 0.15) is 4.88 Å². The van der Waals surface area contributed by atoms with Crippen molar-refractivity contribution in [3.8, 4) is 0 Å². The van der Waals surface area contributed by atoms with Crippen molar-refractivity contribution in [2.75, 3.05) is 0 Å². The number of aromatic carboxylic acids is 1. The average Bonchev–Trinajstić information content (AvgIpc) is 2.83. The fourth-order valence-corrected chi connectivity index (χ4v) is 2.81. The van der Waals surface area contributed by atoms with Gasteiger partial charge >= 0.3 is 5.97 Å². The summed E-state index contributed by atoms with van der Waals surface area (Å²) in [5.41, 5.74) is 2.28. The summed E-state index contributed by atoms with van der Waals surface area (Å²) in [5.74, 6) is -0.861. The molecule has 0 fully saturated rings. The quantitative estimate of drug-likeness (QED) is 0.798. The molecule has 0 bridgehead atoms. The molecule has 1 aromatic carbocycles. The second kappa shape index (κ2) is 5.85. The third-order valence-corrected chi connectivity index (χ3v) is 4.01. The highest BCUT2D eigenvalue weighted by Gasteiger charge is 2.09. The lowest BCUT2D eigenvalue weighted by molar-refractivity contribution is 0.0702. The van der Waals surface area contributed by atoms with Crippen LogP contribution in [0.2, 0.25) is 0 Å². The van der Waals surface area contributed by atoms with Gasteiger partial charge in [-0.05, 0) is 48.1 Å². The van der Waals surface area contributed by atoms with E-state index in [0.29, 0.717) is 4.88 Å². The molecule has 0 spiro atoms. The second-order valence-electron chi connectivity index (χ2n) is 4.22. The fourth-order valence-electron chi connectivity index (χ4n) is 1.93. The summed E-state index contributed by atoms with van der Waals surface area (Å²) in [6, 6.07) is 7.82. The van der Waals surface area contributed by atoms with E-state index >= 15 is 0 Å². The zero-order valence-electron chi connectivity index (χ0n) is 11.0. The Bertz CT molecular complexity index is 662. The maximum Gasteiger partial charge on any atom is 0.345 e. The van der Waals surface area contributed by atoms with E-state index in [4.69, 9.17) is 5.11 Å². The highest BCUT2D eigenvalue weighted by Crippen LogP contribution is 2.29. The van der Waals surface area contributed by atoms with Crippen molar-refractivity contribution in [3.63, 3.8) is 0 Å². The number of carbonyl (C=O) groups is 1. The minimum absolute atomic E-state index is 0.387. The van der Waals surface area contributed by atoms with Gasteiger partial charge in [-0.1, -0.05) is 31.2 Å². The first-order chi connectivity index (χ1) is 9.15. The monoisotopic (exact) mass is 272 g/mol. The number of benzene rings is 1. The summed E-state index contributed by atoms with van der Waals surface area (Å²) in [7, 11) is 0. The molecule has 1 N–H and O–H groups in total. The molecule has 1 aromatic heterocycles. The molecule has 0 aliphatic carbocycles. The summed E-state index contributed by atoms with van der Waals surface area (Å²) >= 11 is 1.31. The Hall–Kier alpha value is -1.87. The van der Waals surface area contributed by atoms with Crippen molar-refractivity contribution in [2.45, 2.75) is 20.3 Å². The van der Waals surface area contributed by atoms with Crippen LogP contribution in [0.25, 0.3) is 15.7 Å². The van der Waals surface area contributed by atoms with Crippen molar-refractivity contribution < 1.29 is 9.90 Å². The van der Waals surface area contributed by atoms with Crippen LogP contribution in [0, 0.1) is 0 Å². The number of fused-ring (bicyclic) bond motifs is 1. The first-order valence-corrected chi connectivity index (χ1v) is 7.07. The molecular formula is C16H16O2S. The molecule has 0 atom stereocenters. The van der Waals surface area contributed by atoms with Crippen LogP contribution < -0.4 is 0 Å². The summed E-state index contributed by atoms with van der Waals surface area (Å²) in [5, 5.41) is 10.0. The minimum atomic E-state index is -0.861. The number of carboxylic acid groups (broad SMARTS) is 1. The minimum Gasteiger partial charge on any atom is -0.477 e. The molecule has 0 saturated heterocycles. The van der Waals surface area contributed by atoms with Crippen LogP contribution in [0.4, 0.5) is 0 Å². The molecule has 0 aliphatic rings. The van der Waals surface area contributed by atoms with Gasteiger partial charge in [0.25, 0.3) is 0 Å². The van der Waals surface area contributed by atoms with Crippen LogP contribution in [0.5, 0.6) is 0 Å². The molecule has 3 heteroatoms. The van der Waals surface area contributed by atoms with Gasteiger partial charge in [-0.2, -0.15) is 0 Å². The van der Waals surface area contributed by atoms with Gasteiger partial charge in [-0.3, -0.25) is 0 Å². The van der Waals surface area contributed by atoms with Gasteiger partial charge in [-0.15, -0.1) is 11.3 Å². The summed E-state index contributed by atoms with van der Waals surface area (Å²) in [6.07, 6.45) is 7.29. The van der Waals surface area contributed by atoms with Gasteiger partial charge in [0.05, 0.1) is 0 Å². The van der Waals surface area contributed by atoms with Crippen molar-refractivity contribution in [1.82, 2.24) is 0 Å². The second-order valence-corrected chi connectivity index (χ2v) is 5.31. The van der Waals surface area contributed by atoms with E-state index in [-0.39, 0.29) is 0 Å². The van der Waals surface area contributed by atoms with Crippen LogP contribution in [0.1, 0.15) is 35.5 Å². The van der Waals surface area contributed by atoms with Crippen molar-refractivity contribution >= 4 is 33.0 Å². The van der Waals surface area contributed by atoms with E-state index in [1.54, 1.807) is 6.07 Å². The van der Waals surface area contributed by atoms with Crippen LogP contribution in [-0.4, -0.2) is 11.1 Å². The number of rotatable bonds is 4. The molecule has 2 rings (SSSR count). The molecule has 98 valence electrons. The molecule has 1 heterocycles. The normalized spacial score (nSPS) is 12.4. The molecule has 19 heavy (non-hydrogen) atoms. The number of hydrogen-bond acceptors (Lipinski definition) is 2. The lowest BCUT2D eigenvalue weighted by Gasteiger charge is -2.02. The third-order valence-electron chi connectivity index (χ3n) is 2.90. The zero-order chi connectivity index (χ0) is 13.8.